The van der Waals surface area contributed by atoms with Gasteiger partial charge in [0.2, 0.25) is 5.91 Å². The van der Waals surface area contributed by atoms with Gasteiger partial charge in [-0.1, -0.05) is 18.2 Å². The lowest BCUT2D eigenvalue weighted by atomic mass is 10.1. The van der Waals surface area contributed by atoms with E-state index in [0.29, 0.717) is 43.2 Å². The van der Waals surface area contributed by atoms with Crippen LogP contribution in [0.3, 0.4) is 0 Å². The second kappa shape index (κ2) is 8.48. The van der Waals surface area contributed by atoms with Crippen molar-refractivity contribution in [2.75, 3.05) is 42.8 Å². The molecular weight excluding hydrogens is 420 g/mol. The summed E-state index contributed by atoms with van der Waals surface area (Å²) in [7, 11) is -3.32. The molecule has 1 N–H and O–H groups in total. The molecule has 162 valence electrons. The molecule has 0 unspecified atom stereocenters. The van der Waals surface area contributed by atoms with Crippen molar-refractivity contribution in [1.29, 1.82) is 0 Å². The monoisotopic (exact) mass is 442 g/mol. The highest BCUT2D eigenvalue weighted by Crippen LogP contribution is 2.22. The van der Waals surface area contributed by atoms with Gasteiger partial charge in [-0.05, 0) is 30.3 Å². The minimum Gasteiger partial charge on any atom is -0.378 e. The maximum atomic E-state index is 12.9. The van der Waals surface area contributed by atoms with E-state index < -0.39 is 15.7 Å². The standard InChI is InChI=1S/C21H22N4O5S/c1-31(28,29)16-8-6-15(7-9-16)22-19(26)14-25-21(27)18-5-3-2-4-17(18)20(23-25)24-10-12-30-13-11-24/h2-9H,10-14H2,1H3,(H,22,26). The summed E-state index contributed by atoms with van der Waals surface area (Å²) < 4.78 is 29.7. The quantitative estimate of drug-likeness (QED) is 0.634. The molecule has 0 atom stereocenters. The van der Waals surface area contributed by atoms with Gasteiger partial charge in [0.25, 0.3) is 5.56 Å². The van der Waals surface area contributed by atoms with Crippen molar-refractivity contribution in [2.24, 2.45) is 0 Å². The number of carbonyl (C=O) groups excluding carboxylic acids is 1. The van der Waals surface area contributed by atoms with Crippen molar-refractivity contribution < 1.29 is 17.9 Å². The van der Waals surface area contributed by atoms with Crippen molar-refractivity contribution >= 4 is 38.0 Å². The zero-order valence-corrected chi connectivity index (χ0v) is 17.8. The van der Waals surface area contributed by atoms with Gasteiger partial charge in [-0.3, -0.25) is 9.59 Å². The summed E-state index contributed by atoms with van der Waals surface area (Å²) in [6.45, 7) is 2.16. The first-order valence-electron chi connectivity index (χ1n) is 9.75. The largest absolute Gasteiger partial charge is 0.378 e. The molecule has 3 aromatic rings. The highest BCUT2D eigenvalue weighted by atomic mass is 32.2. The topological polar surface area (TPSA) is 111 Å². The Bertz CT molecular complexity index is 1280. The first kappa shape index (κ1) is 21.0. The molecule has 0 bridgehead atoms. The van der Waals surface area contributed by atoms with Crippen LogP contribution in [0.2, 0.25) is 0 Å². The minimum absolute atomic E-state index is 0.160. The maximum Gasteiger partial charge on any atom is 0.275 e. The number of nitrogens with zero attached hydrogens (tertiary/aromatic N) is 3. The second-order valence-corrected chi connectivity index (χ2v) is 9.29. The number of fused-ring (bicyclic) bond motifs is 1. The van der Waals surface area contributed by atoms with E-state index in [0.717, 1.165) is 16.3 Å². The number of hydrogen-bond donors (Lipinski definition) is 1. The number of anilines is 2. The van der Waals surface area contributed by atoms with Crippen LogP contribution in [0.25, 0.3) is 10.8 Å². The van der Waals surface area contributed by atoms with Gasteiger partial charge >= 0.3 is 0 Å². The van der Waals surface area contributed by atoms with E-state index in [4.69, 9.17) is 4.74 Å². The van der Waals surface area contributed by atoms with Gasteiger partial charge in [0.05, 0.1) is 23.5 Å². The molecule has 10 heteroatoms. The maximum absolute atomic E-state index is 12.9. The Kier molecular flexibility index (Phi) is 5.75. The van der Waals surface area contributed by atoms with Crippen LogP contribution in [0, 0.1) is 0 Å². The Balaban J connectivity index is 1.61. The number of morpholine rings is 1. The average Bonchev–Trinajstić information content (AvgIpc) is 2.76. The number of carbonyl (C=O) groups is 1. The van der Waals surface area contributed by atoms with Crippen LogP contribution in [-0.2, 0) is 25.9 Å². The molecule has 0 spiro atoms. The van der Waals surface area contributed by atoms with Crippen molar-refractivity contribution in [2.45, 2.75) is 11.4 Å². The normalized spacial score (nSPS) is 14.5. The molecule has 1 fully saturated rings. The highest BCUT2D eigenvalue weighted by Gasteiger charge is 2.19. The second-order valence-electron chi connectivity index (χ2n) is 7.28. The van der Waals surface area contributed by atoms with Crippen LogP contribution in [0.1, 0.15) is 0 Å². The molecule has 31 heavy (non-hydrogen) atoms. The third-order valence-corrected chi connectivity index (χ3v) is 6.15. The van der Waals surface area contributed by atoms with Crippen molar-refractivity contribution in [3.05, 3.63) is 58.9 Å². The number of nitrogens with one attached hydrogen (secondary N) is 1. The van der Waals surface area contributed by atoms with E-state index in [1.54, 1.807) is 12.1 Å². The van der Waals surface area contributed by atoms with E-state index in [9.17, 15) is 18.0 Å². The van der Waals surface area contributed by atoms with Crippen LogP contribution in [0.5, 0.6) is 0 Å². The molecule has 1 aliphatic rings. The summed E-state index contributed by atoms with van der Waals surface area (Å²) in [6, 6.07) is 13.0. The molecule has 2 aromatic carbocycles. The average molecular weight is 442 g/mol. The molecule has 9 nitrogen and oxygen atoms in total. The number of amides is 1. The smallest absolute Gasteiger partial charge is 0.275 e. The zero-order chi connectivity index (χ0) is 22.0. The molecule has 1 aliphatic heterocycles. The molecule has 0 radical (unpaired) electrons. The van der Waals surface area contributed by atoms with E-state index in [1.807, 2.05) is 17.0 Å². The van der Waals surface area contributed by atoms with Crippen LogP contribution in [0.4, 0.5) is 11.5 Å². The van der Waals surface area contributed by atoms with Gasteiger partial charge in [-0.25, -0.2) is 13.1 Å². The minimum atomic E-state index is -3.32. The number of benzene rings is 2. The fraction of sp³-hybridized carbons (Fsp3) is 0.286. The third kappa shape index (κ3) is 4.59. The Hall–Kier alpha value is -3.24. The fourth-order valence-corrected chi connectivity index (χ4v) is 4.09. The molecule has 0 saturated carbocycles. The lowest BCUT2D eigenvalue weighted by Crippen LogP contribution is -2.39. The Labute approximate surface area is 179 Å². The van der Waals surface area contributed by atoms with Gasteiger partial charge < -0.3 is 15.0 Å². The van der Waals surface area contributed by atoms with Gasteiger partial charge in [-0.2, -0.15) is 5.10 Å². The summed E-state index contributed by atoms with van der Waals surface area (Å²) in [4.78, 5) is 27.7. The van der Waals surface area contributed by atoms with Gasteiger partial charge in [0.15, 0.2) is 15.7 Å². The van der Waals surface area contributed by atoms with Crippen molar-refractivity contribution in [1.82, 2.24) is 9.78 Å². The molecule has 4 rings (SSSR count). The first-order chi connectivity index (χ1) is 14.8. The van der Waals surface area contributed by atoms with Gasteiger partial charge in [0, 0.05) is 30.4 Å². The van der Waals surface area contributed by atoms with Crippen LogP contribution in [0.15, 0.2) is 58.2 Å². The van der Waals surface area contributed by atoms with E-state index >= 15 is 0 Å². The summed E-state index contributed by atoms with van der Waals surface area (Å²) in [5, 5.41) is 8.39. The van der Waals surface area contributed by atoms with Gasteiger partial charge in [0.1, 0.15) is 6.54 Å². The summed E-state index contributed by atoms with van der Waals surface area (Å²) in [5.74, 6) is 0.203. The summed E-state index contributed by atoms with van der Waals surface area (Å²) >= 11 is 0. The molecule has 1 saturated heterocycles. The lowest BCUT2D eigenvalue weighted by Gasteiger charge is -2.29. The number of rotatable bonds is 5. The zero-order valence-electron chi connectivity index (χ0n) is 16.9. The Morgan fingerprint density at radius 2 is 1.71 bits per heavy atom. The molecular formula is C21H22N4O5S. The van der Waals surface area contributed by atoms with Crippen LogP contribution >= 0.6 is 0 Å². The summed E-state index contributed by atoms with van der Waals surface area (Å²) in [5.41, 5.74) is 0.0785. The van der Waals surface area contributed by atoms with E-state index in [-0.39, 0.29) is 17.0 Å². The van der Waals surface area contributed by atoms with Gasteiger partial charge in [-0.15, -0.1) is 0 Å². The van der Waals surface area contributed by atoms with E-state index in [2.05, 4.69) is 10.4 Å². The third-order valence-electron chi connectivity index (χ3n) is 5.02. The highest BCUT2D eigenvalue weighted by molar-refractivity contribution is 7.90. The fourth-order valence-electron chi connectivity index (χ4n) is 3.46. The molecule has 1 aromatic heterocycles. The number of aromatic nitrogens is 2. The van der Waals surface area contributed by atoms with Crippen LogP contribution in [-0.4, -0.2) is 56.7 Å². The summed E-state index contributed by atoms with van der Waals surface area (Å²) in [6.07, 6.45) is 1.12. The molecule has 1 amide bonds. The number of sulfone groups is 1. The molecule has 0 aliphatic carbocycles. The number of hydrogen-bond acceptors (Lipinski definition) is 7. The predicted octanol–water partition coefficient (Wildman–Crippen LogP) is 1.28. The van der Waals surface area contributed by atoms with Crippen LogP contribution < -0.4 is 15.8 Å². The number of ether oxygens (including phenoxy) is 1. The van der Waals surface area contributed by atoms with Crippen molar-refractivity contribution in [3.63, 3.8) is 0 Å². The SMILES string of the molecule is CS(=O)(=O)c1ccc(NC(=O)Cn2nc(N3CCOCC3)c3ccccc3c2=O)cc1. The Morgan fingerprint density at radius 3 is 2.35 bits per heavy atom. The molecule has 2 heterocycles. The first-order valence-corrected chi connectivity index (χ1v) is 11.6. The van der Waals surface area contributed by atoms with Crippen molar-refractivity contribution in [3.8, 4) is 0 Å². The lowest BCUT2D eigenvalue weighted by molar-refractivity contribution is -0.117. The van der Waals surface area contributed by atoms with E-state index in [1.165, 1.54) is 24.3 Å². The predicted molar refractivity (Wildman–Crippen MR) is 117 cm³/mol. The Morgan fingerprint density at radius 1 is 1.06 bits per heavy atom.